The quantitative estimate of drug-likeness (QED) is 0.877. The van der Waals surface area contributed by atoms with Gasteiger partial charge in [-0.1, -0.05) is 37.6 Å². The highest BCUT2D eigenvalue weighted by Gasteiger charge is 2.07. The Morgan fingerprint density at radius 1 is 1.22 bits per heavy atom. The monoisotopic (exact) mass is 243 g/mol. The number of nitrogens with two attached hydrogens (primary N) is 1. The van der Waals surface area contributed by atoms with Gasteiger partial charge in [-0.3, -0.25) is 4.68 Å². The van der Waals surface area contributed by atoms with Crippen molar-refractivity contribution in [3.63, 3.8) is 0 Å². The highest BCUT2D eigenvalue weighted by Crippen LogP contribution is 2.14. The molecule has 1 atom stereocenters. The minimum Gasteiger partial charge on any atom is -0.322 e. The molecule has 0 aliphatic carbocycles. The summed E-state index contributed by atoms with van der Waals surface area (Å²) in [5.41, 5.74) is 9.78. The Bertz CT molecular complexity index is 485. The normalized spacial score (nSPS) is 12.6. The molecule has 1 heterocycles. The lowest BCUT2D eigenvalue weighted by Gasteiger charge is -2.12. The smallest absolute Gasteiger partial charge is 0.0602 e. The van der Waals surface area contributed by atoms with Gasteiger partial charge in [0.2, 0.25) is 0 Å². The lowest BCUT2D eigenvalue weighted by atomic mass is 10.0. The number of aryl methyl sites for hydroxylation is 2. The molecule has 3 heteroatoms. The fraction of sp³-hybridized carbons (Fsp3) is 0.400. The summed E-state index contributed by atoms with van der Waals surface area (Å²) in [5.74, 6) is 0. The molecule has 2 rings (SSSR count). The molecule has 1 aromatic heterocycles. The predicted molar refractivity (Wildman–Crippen MR) is 74.3 cm³/mol. The van der Waals surface area contributed by atoms with E-state index >= 15 is 0 Å². The van der Waals surface area contributed by atoms with Crippen molar-refractivity contribution in [3.05, 3.63) is 53.3 Å². The predicted octanol–water partition coefficient (Wildman–Crippen LogP) is 2.84. The van der Waals surface area contributed by atoms with Crippen LogP contribution in [0, 0.1) is 6.92 Å². The second-order valence-electron chi connectivity index (χ2n) is 4.78. The van der Waals surface area contributed by atoms with Crippen LogP contribution in [0.5, 0.6) is 0 Å². The molecule has 0 spiro atoms. The van der Waals surface area contributed by atoms with Crippen LogP contribution in [0.4, 0.5) is 0 Å². The van der Waals surface area contributed by atoms with E-state index in [-0.39, 0.29) is 6.04 Å². The van der Waals surface area contributed by atoms with Gasteiger partial charge in [0, 0.05) is 12.2 Å². The zero-order valence-corrected chi connectivity index (χ0v) is 11.1. The molecular weight excluding hydrogens is 222 g/mol. The van der Waals surface area contributed by atoms with E-state index in [1.807, 2.05) is 23.9 Å². The SMILES string of the molecule is CCCc1ccc(C(N)Cn2ccc(C)n2)cc1. The first kappa shape index (κ1) is 12.8. The summed E-state index contributed by atoms with van der Waals surface area (Å²) in [7, 11) is 0. The van der Waals surface area contributed by atoms with Crippen molar-refractivity contribution in [2.24, 2.45) is 5.73 Å². The molecule has 0 saturated heterocycles. The molecule has 0 radical (unpaired) electrons. The van der Waals surface area contributed by atoms with E-state index in [1.165, 1.54) is 17.5 Å². The van der Waals surface area contributed by atoms with Crippen LogP contribution in [-0.2, 0) is 13.0 Å². The number of nitrogens with zero attached hydrogens (tertiary/aromatic N) is 2. The van der Waals surface area contributed by atoms with Gasteiger partial charge in [0.1, 0.15) is 0 Å². The van der Waals surface area contributed by atoms with Crippen molar-refractivity contribution in [2.45, 2.75) is 39.3 Å². The summed E-state index contributed by atoms with van der Waals surface area (Å²) in [5, 5.41) is 4.36. The van der Waals surface area contributed by atoms with Crippen molar-refractivity contribution < 1.29 is 0 Å². The standard InChI is InChI=1S/C15H21N3/c1-3-4-13-5-7-14(8-6-13)15(16)11-18-10-9-12(2)17-18/h5-10,15H,3-4,11,16H2,1-2H3. The van der Waals surface area contributed by atoms with Crippen LogP contribution < -0.4 is 5.73 Å². The summed E-state index contributed by atoms with van der Waals surface area (Å²) >= 11 is 0. The zero-order valence-electron chi connectivity index (χ0n) is 11.1. The minimum atomic E-state index is -0.0000217. The first-order valence-corrected chi connectivity index (χ1v) is 6.53. The number of hydrogen-bond acceptors (Lipinski definition) is 2. The minimum absolute atomic E-state index is 0.0000217. The maximum atomic E-state index is 6.20. The Morgan fingerprint density at radius 3 is 2.50 bits per heavy atom. The molecule has 0 saturated carbocycles. The zero-order chi connectivity index (χ0) is 13.0. The van der Waals surface area contributed by atoms with Gasteiger partial charge < -0.3 is 5.73 Å². The summed E-state index contributed by atoms with van der Waals surface area (Å²) < 4.78 is 1.90. The maximum absolute atomic E-state index is 6.20. The van der Waals surface area contributed by atoms with E-state index in [0.717, 1.165) is 18.7 Å². The van der Waals surface area contributed by atoms with E-state index in [9.17, 15) is 0 Å². The molecule has 2 aromatic rings. The molecule has 3 nitrogen and oxygen atoms in total. The molecule has 0 aliphatic heterocycles. The van der Waals surface area contributed by atoms with Crippen LogP contribution >= 0.6 is 0 Å². The van der Waals surface area contributed by atoms with Gasteiger partial charge >= 0.3 is 0 Å². The Labute approximate surface area is 109 Å². The third kappa shape index (κ3) is 3.20. The first-order chi connectivity index (χ1) is 8.69. The van der Waals surface area contributed by atoms with Crippen LogP contribution in [0.3, 0.4) is 0 Å². The lowest BCUT2D eigenvalue weighted by Crippen LogP contribution is -2.18. The van der Waals surface area contributed by atoms with Crippen LogP contribution in [0.15, 0.2) is 36.5 Å². The number of benzene rings is 1. The van der Waals surface area contributed by atoms with Crippen LogP contribution in [0.1, 0.15) is 36.2 Å². The van der Waals surface area contributed by atoms with Crippen LogP contribution in [0.2, 0.25) is 0 Å². The number of aromatic nitrogens is 2. The molecule has 1 aromatic carbocycles. The molecule has 1 unspecified atom stereocenters. The van der Waals surface area contributed by atoms with E-state index < -0.39 is 0 Å². The molecule has 0 bridgehead atoms. The number of hydrogen-bond donors (Lipinski definition) is 1. The molecule has 96 valence electrons. The third-order valence-electron chi connectivity index (χ3n) is 3.10. The first-order valence-electron chi connectivity index (χ1n) is 6.53. The summed E-state index contributed by atoms with van der Waals surface area (Å²) in [4.78, 5) is 0. The van der Waals surface area contributed by atoms with Gasteiger partial charge in [-0.2, -0.15) is 5.10 Å². The Hall–Kier alpha value is -1.61. The van der Waals surface area contributed by atoms with Crippen LogP contribution in [-0.4, -0.2) is 9.78 Å². The summed E-state index contributed by atoms with van der Waals surface area (Å²) in [6.07, 6.45) is 4.28. The topological polar surface area (TPSA) is 43.8 Å². The van der Waals surface area contributed by atoms with E-state index in [1.54, 1.807) is 0 Å². The second-order valence-corrected chi connectivity index (χ2v) is 4.78. The van der Waals surface area contributed by atoms with Gasteiger partial charge in [0.15, 0.2) is 0 Å². The molecule has 18 heavy (non-hydrogen) atoms. The number of rotatable bonds is 5. The Morgan fingerprint density at radius 2 is 1.94 bits per heavy atom. The van der Waals surface area contributed by atoms with Crippen molar-refractivity contribution in [1.29, 1.82) is 0 Å². The largest absolute Gasteiger partial charge is 0.322 e. The fourth-order valence-corrected chi connectivity index (χ4v) is 2.09. The fourth-order valence-electron chi connectivity index (χ4n) is 2.09. The Kier molecular flexibility index (Phi) is 4.15. The van der Waals surface area contributed by atoms with Crippen molar-refractivity contribution in [1.82, 2.24) is 9.78 Å². The van der Waals surface area contributed by atoms with Crippen molar-refractivity contribution in [2.75, 3.05) is 0 Å². The van der Waals surface area contributed by atoms with E-state index in [4.69, 9.17) is 5.73 Å². The van der Waals surface area contributed by atoms with E-state index in [0.29, 0.717) is 0 Å². The molecule has 2 N–H and O–H groups in total. The van der Waals surface area contributed by atoms with Crippen molar-refractivity contribution >= 4 is 0 Å². The van der Waals surface area contributed by atoms with Crippen LogP contribution in [0.25, 0.3) is 0 Å². The van der Waals surface area contributed by atoms with Gasteiger partial charge in [-0.25, -0.2) is 0 Å². The highest BCUT2D eigenvalue weighted by atomic mass is 15.3. The van der Waals surface area contributed by atoms with Crippen molar-refractivity contribution in [3.8, 4) is 0 Å². The molecular formula is C15H21N3. The molecule has 0 fully saturated rings. The molecule has 0 aliphatic rings. The summed E-state index contributed by atoms with van der Waals surface area (Å²) in [6, 6.07) is 10.6. The average Bonchev–Trinajstić information content (AvgIpc) is 2.76. The lowest BCUT2D eigenvalue weighted by molar-refractivity contribution is 0.525. The van der Waals surface area contributed by atoms with Gasteiger partial charge in [-0.15, -0.1) is 0 Å². The molecule has 0 amide bonds. The average molecular weight is 243 g/mol. The van der Waals surface area contributed by atoms with Gasteiger partial charge in [0.25, 0.3) is 0 Å². The highest BCUT2D eigenvalue weighted by molar-refractivity contribution is 5.24. The van der Waals surface area contributed by atoms with E-state index in [2.05, 4.69) is 36.3 Å². The van der Waals surface area contributed by atoms with Gasteiger partial charge in [-0.05, 0) is 30.5 Å². The third-order valence-corrected chi connectivity index (χ3v) is 3.10. The second kappa shape index (κ2) is 5.83. The van der Waals surface area contributed by atoms with Gasteiger partial charge in [0.05, 0.1) is 12.2 Å². The maximum Gasteiger partial charge on any atom is 0.0602 e. The Balaban J connectivity index is 2.02. The summed E-state index contributed by atoms with van der Waals surface area (Å²) in [6.45, 7) is 4.90.